The summed E-state index contributed by atoms with van der Waals surface area (Å²) >= 11 is 0. The molecule has 1 saturated carbocycles. The highest BCUT2D eigenvalue weighted by Crippen LogP contribution is 2.31. The Morgan fingerprint density at radius 1 is 1.00 bits per heavy atom. The number of carbonyl (C=O) groups excluding carboxylic acids is 3. The molecule has 0 aliphatic heterocycles. The average Bonchev–Trinajstić information content (AvgIpc) is 3.53. The van der Waals surface area contributed by atoms with Gasteiger partial charge >= 0.3 is 0 Å². The van der Waals surface area contributed by atoms with Crippen LogP contribution in [0.2, 0.25) is 0 Å². The van der Waals surface area contributed by atoms with E-state index in [4.69, 9.17) is 4.52 Å². The van der Waals surface area contributed by atoms with Crippen molar-refractivity contribution in [1.29, 1.82) is 0 Å². The van der Waals surface area contributed by atoms with Gasteiger partial charge in [-0.3, -0.25) is 19.3 Å². The van der Waals surface area contributed by atoms with E-state index in [1.807, 2.05) is 61.5 Å². The van der Waals surface area contributed by atoms with Gasteiger partial charge in [0.1, 0.15) is 11.8 Å². The van der Waals surface area contributed by atoms with E-state index in [0.717, 1.165) is 36.8 Å². The van der Waals surface area contributed by atoms with Crippen molar-refractivity contribution in [1.82, 2.24) is 10.5 Å². The second-order valence-electron chi connectivity index (χ2n) is 9.22. The van der Waals surface area contributed by atoms with Gasteiger partial charge in [-0.2, -0.15) is 0 Å². The van der Waals surface area contributed by atoms with E-state index in [2.05, 4.69) is 15.8 Å². The molecule has 0 saturated heterocycles. The molecule has 0 spiro atoms. The van der Waals surface area contributed by atoms with Crippen LogP contribution in [-0.4, -0.2) is 28.9 Å². The van der Waals surface area contributed by atoms with Gasteiger partial charge in [0.05, 0.1) is 0 Å². The lowest BCUT2D eigenvalue weighted by molar-refractivity contribution is -0.127. The second kappa shape index (κ2) is 11.7. The first-order valence-corrected chi connectivity index (χ1v) is 12.4. The number of aryl methyl sites for hydroxylation is 2. The number of anilines is 2. The second-order valence-corrected chi connectivity index (χ2v) is 9.22. The SMILES string of the molecule is Cc1cc(NC(=O)CCC(=O)N(c2ccccc2)[C@@H](C(=O)NC2CCCC2)c2ccccc2C)no1. The predicted octanol–water partition coefficient (Wildman–Crippen LogP) is 4.84. The Morgan fingerprint density at radius 2 is 1.69 bits per heavy atom. The van der Waals surface area contributed by atoms with Gasteiger partial charge in [-0.1, -0.05) is 60.5 Å². The number of hydrogen-bond acceptors (Lipinski definition) is 5. The van der Waals surface area contributed by atoms with Crippen molar-refractivity contribution in [3.8, 4) is 0 Å². The molecule has 1 fully saturated rings. The predicted molar refractivity (Wildman–Crippen MR) is 137 cm³/mol. The highest BCUT2D eigenvalue weighted by atomic mass is 16.5. The number of nitrogens with zero attached hydrogens (tertiary/aromatic N) is 2. The van der Waals surface area contributed by atoms with Crippen LogP contribution in [0, 0.1) is 13.8 Å². The minimum absolute atomic E-state index is 0.0567. The molecule has 3 aromatic rings. The number of amides is 3. The molecule has 2 N–H and O–H groups in total. The van der Waals surface area contributed by atoms with E-state index in [-0.39, 0.29) is 36.6 Å². The summed E-state index contributed by atoms with van der Waals surface area (Å²) in [4.78, 5) is 41.5. The first kappa shape index (κ1) is 25.2. The van der Waals surface area contributed by atoms with Crippen LogP contribution in [-0.2, 0) is 14.4 Å². The number of hydrogen-bond donors (Lipinski definition) is 2. The molecular formula is C28H32N4O4. The average molecular weight is 489 g/mol. The summed E-state index contributed by atoms with van der Waals surface area (Å²) in [5.74, 6) is -0.00415. The zero-order chi connectivity index (χ0) is 25.5. The topological polar surface area (TPSA) is 105 Å². The van der Waals surface area contributed by atoms with Crippen LogP contribution in [0.5, 0.6) is 0 Å². The van der Waals surface area contributed by atoms with Gasteiger partial charge in [0.2, 0.25) is 17.7 Å². The number of rotatable bonds is 9. The molecule has 0 bridgehead atoms. The molecule has 8 heteroatoms. The van der Waals surface area contributed by atoms with Crippen LogP contribution < -0.4 is 15.5 Å². The standard InChI is InChI=1S/C28H32N4O4/c1-19-10-6-9-15-23(19)27(28(35)29-21-11-7-8-12-21)32(22-13-4-3-5-14-22)26(34)17-16-25(33)30-24-18-20(2)36-31-24/h3-6,9-10,13-15,18,21,27H,7-8,11-12,16-17H2,1-2H3,(H,29,35)(H,30,31,33)/t27-/m1/s1. The lowest BCUT2D eigenvalue weighted by Crippen LogP contribution is -2.46. The van der Waals surface area contributed by atoms with E-state index in [0.29, 0.717) is 17.3 Å². The number of aromatic nitrogens is 1. The number of carbonyl (C=O) groups is 3. The van der Waals surface area contributed by atoms with E-state index in [1.165, 1.54) is 4.90 Å². The molecule has 1 aromatic heterocycles. The van der Waals surface area contributed by atoms with Crippen LogP contribution >= 0.6 is 0 Å². The van der Waals surface area contributed by atoms with Crippen molar-refractivity contribution in [2.24, 2.45) is 0 Å². The van der Waals surface area contributed by atoms with Crippen molar-refractivity contribution in [2.75, 3.05) is 10.2 Å². The minimum atomic E-state index is -0.858. The molecule has 0 radical (unpaired) electrons. The Kier molecular flexibility index (Phi) is 8.15. The van der Waals surface area contributed by atoms with Gasteiger partial charge in [-0.05, 0) is 49.9 Å². The maximum atomic E-state index is 13.7. The summed E-state index contributed by atoms with van der Waals surface area (Å²) in [5.41, 5.74) is 2.27. The van der Waals surface area contributed by atoms with Crippen LogP contribution in [0.15, 0.2) is 65.2 Å². The van der Waals surface area contributed by atoms with Crippen molar-refractivity contribution < 1.29 is 18.9 Å². The number of nitrogens with one attached hydrogen (secondary N) is 2. The molecule has 2 aromatic carbocycles. The van der Waals surface area contributed by atoms with Gasteiger partial charge < -0.3 is 15.2 Å². The van der Waals surface area contributed by atoms with Crippen LogP contribution in [0.3, 0.4) is 0 Å². The smallest absolute Gasteiger partial charge is 0.248 e. The molecule has 8 nitrogen and oxygen atoms in total. The third-order valence-electron chi connectivity index (χ3n) is 6.46. The van der Waals surface area contributed by atoms with Crippen molar-refractivity contribution >= 4 is 29.2 Å². The van der Waals surface area contributed by atoms with E-state index < -0.39 is 6.04 Å². The van der Waals surface area contributed by atoms with E-state index in [1.54, 1.807) is 13.0 Å². The van der Waals surface area contributed by atoms with Crippen LogP contribution in [0.1, 0.15) is 61.5 Å². The molecule has 1 heterocycles. The van der Waals surface area contributed by atoms with Crippen LogP contribution in [0.4, 0.5) is 11.5 Å². The normalized spacial score (nSPS) is 14.3. The molecule has 1 aliphatic carbocycles. The van der Waals surface area contributed by atoms with Gasteiger partial charge in [0.15, 0.2) is 5.82 Å². The molecule has 1 atom stereocenters. The number of benzene rings is 2. The third-order valence-corrected chi connectivity index (χ3v) is 6.46. The minimum Gasteiger partial charge on any atom is -0.360 e. The third kappa shape index (κ3) is 6.19. The molecular weight excluding hydrogens is 456 g/mol. The lowest BCUT2D eigenvalue weighted by atomic mass is 9.97. The fraction of sp³-hybridized carbons (Fsp3) is 0.357. The summed E-state index contributed by atoms with van der Waals surface area (Å²) in [7, 11) is 0. The Labute approximate surface area is 211 Å². The maximum Gasteiger partial charge on any atom is 0.248 e. The largest absolute Gasteiger partial charge is 0.360 e. The quantitative estimate of drug-likeness (QED) is 0.448. The Morgan fingerprint density at radius 3 is 2.36 bits per heavy atom. The highest BCUT2D eigenvalue weighted by molar-refractivity contribution is 6.03. The zero-order valence-electron chi connectivity index (χ0n) is 20.7. The lowest BCUT2D eigenvalue weighted by Gasteiger charge is -2.33. The highest BCUT2D eigenvalue weighted by Gasteiger charge is 2.35. The fourth-order valence-corrected chi connectivity index (χ4v) is 4.64. The summed E-state index contributed by atoms with van der Waals surface area (Å²) in [6.07, 6.45) is 3.92. The fourth-order valence-electron chi connectivity index (χ4n) is 4.64. The first-order chi connectivity index (χ1) is 17.4. The Hall–Kier alpha value is -3.94. The van der Waals surface area contributed by atoms with Crippen molar-refractivity contribution in [3.05, 3.63) is 77.6 Å². The van der Waals surface area contributed by atoms with E-state index in [9.17, 15) is 14.4 Å². The summed E-state index contributed by atoms with van der Waals surface area (Å²) in [6.45, 7) is 3.67. The summed E-state index contributed by atoms with van der Waals surface area (Å²) in [6, 6.07) is 17.6. The molecule has 188 valence electrons. The van der Waals surface area contributed by atoms with Crippen LogP contribution in [0.25, 0.3) is 0 Å². The maximum absolute atomic E-state index is 13.7. The van der Waals surface area contributed by atoms with Crippen molar-refractivity contribution in [3.63, 3.8) is 0 Å². The van der Waals surface area contributed by atoms with Gasteiger partial charge in [0.25, 0.3) is 0 Å². The van der Waals surface area contributed by atoms with E-state index >= 15 is 0 Å². The molecule has 1 aliphatic rings. The molecule has 4 rings (SSSR count). The van der Waals surface area contributed by atoms with Gasteiger partial charge in [-0.25, -0.2) is 0 Å². The molecule has 36 heavy (non-hydrogen) atoms. The summed E-state index contributed by atoms with van der Waals surface area (Å²) < 4.78 is 4.98. The van der Waals surface area contributed by atoms with Gasteiger partial charge in [-0.15, -0.1) is 0 Å². The Balaban J connectivity index is 1.61. The molecule has 3 amide bonds. The number of para-hydroxylation sites is 1. The monoisotopic (exact) mass is 488 g/mol. The Bertz CT molecular complexity index is 1200. The summed E-state index contributed by atoms with van der Waals surface area (Å²) in [5, 5.41) is 9.58. The van der Waals surface area contributed by atoms with Gasteiger partial charge in [0, 0.05) is 30.6 Å². The first-order valence-electron chi connectivity index (χ1n) is 12.4. The van der Waals surface area contributed by atoms with Crippen molar-refractivity contribution in [2.45, 2.75) is 64.5 Å². The molecule has 0 unspecified atom stereocenters. The zero-order valence-corrected chi connectivity index (χ0v) is 20.7.